The predicted molar refractivity (Wildman–Crippen MR) is 47.8 cm³/mol. The summed E-state index contributed by atoms with van der Waals surface area (Å²) in [6, 6.07) is 0. The first-order valence-corrected chi connectivity index (χ1v) is 6.39. The summed E-state index contributed by atoms with van der Waals surface area (Å²) in [5.74, 6) is 0. The van der Waals surface area contributed by atoms with Gasteiger partial charge in [0.1, 0.15) is 0 Å². The highest BCUT2D eigenvalue weighted by molar-refractivity contribution is 6.55. The summed E-state index contributed by atoms with van der Waals surface area (Å²) in [7, 11) is 0. The minimum absolute atomic E-state index is 0.704. The standard InChI is InChI=1S/C5H5.C4H8O.Al/c1-2-4-5-3-1;1-2-3-4-5;/h1-5H;1-4H2;/q;-1;+1. The second-order valence-corrected chi connectivity index (χ2v) is 6.01. The molecule has 2 aliphatic rings. The Labute approximate surface area is 72.5 Å². The molecule has 0 aromatic heterocycles. The lowest BCUT2D eigenvalue weighted by atomic mass is 10.4. The van der Waals surface area contributed by atoms with E-state index in [-0.39, 0.29) is 0 Å². The minimum atomic E-state index is -0.852. The van der Waals surface area contributed by atoms with Crippen molar-refractivity contribution in [3.8, 4) is 0 Å². The van der Waals surface area contributed by atoms with Gasteiger partial charge in [0.15, 0.2) is 0 Å². The zero-order chi connectivity index (χ0) is 7.52. The van der Waals surface area contributed by atoms with Gasteiger partial charge in [0, 0.05) is 6.61 Å². The Hall–Kier alpha value is -0.0275. The van der Waals surface area contributed by atoms with E-state index < -0.39 is 14.5 Å². The maximum absolute atomic E-state index is 5.80. The van der Waals surface area contributed by atoms with Crippen LogP contribution in [0.4, 0.5) is 0 Å². The number of hydrogen-bond donors (Lipinski definition) is 0. The molecule has 0 saturated carbocycles. The summed E-state index contributed by atoms with van der Waals surface area (Å²) >= 11 is -0.852. The Bertz CT molecular complexity index is 168. The van der Waals surface area contributed by atoms with E-state index in [1.807, 2.05) is 0 Å². The van der Waals surface area contributed by atoms with Crippen LogP contribution < -0.4 is 0 Å². The fourth-order valence-corrected chi connectivity index (χ4v) is 4.45. The molecule has 1 saturated heterocycles. The molecular weight excluding hydrogens is 151 g/mol. The van der Waals surface area contributed by atoms with E-state index in [0.29, 0.717) is 4.78 Å². The Morgan fingerprint density at radius 2 is 2.00 bits per heavy atom. The van der Waals surface area contributed by atoms with E-state index in [0.717, 1.165) is 6.61 Å². The highest BCUT2D eigenvalue weighted by Crippen LogP contribution is 2.26. The average molecular weight is 164 g/mol. The zero-order valence-electron chi connectivity index (χ0n) is 6.70. The SMILES string of the molecule is C1=C[CH]([Al]2[CH2]CCC[O]2)C=C1. The van der Waals surface area contributed by atoms with Crippen LogP contribution in [0.5, 0.6) is 0 Å². The fraction of sp³-hybridized carbons (Fsp3) is 0.556. The van der Waals surface area contributed by atoms with Gasteiger partial charge in [-0.25, -0.2) is 0 Å². The molecule has 0 radical (unpaired) electrons. The molecule has 0 bridgehead atoms. The Morgan fingerprint density at radius 1 is 1.18 bits per heavy atom. The third-order valence-electron chi connectivity index (χ3n) is 2.42. The molecule has 2 heteroatoms. The first kappa shape index (κ1) is 7.61. The van der Waals surface area contributed by atoms with E-state index in [1.54, 1.807) is 0 Å². The second kappa shape index (κ2) is 3.58. The van der Waals surface area contributed by atoms with Gasteiger partial charge in [0.2, 0.25) is 0 Å². The number of rotatable bonds is 1. The predicted octanol–water partition coefficient (Wildman–Crippen LogP) is 2.28. The molecule has 0 spiro atoms. The third kappa shape index (κ3) is 1.76. The lowest BCUT2D eigenvalue weighted by molar-refractivity contribution is 0.285. The molecule has 58 valence electrons. The molecule has 1 nitrogen and oxygen atoms in total. The second-order valence-electron chi connectivity index (χ2n) is 3.25. The smallest absolute Gasteiger partial charge is 0.472 e. The van der Waals surface area contributed by atoms with Crippen LogP contribution in [0.3, 0.4) is 0 Å². The van der Waals surface area contributed by atoms with Gasteiger partial charge >= 0.3 is 14.5 Å². The van der Waals surface area contributed by atoms with Crippen LogP contribution >= 0.6 is 0 Å². The van der Waals surface area contributed by atoms with Crippen LogP contribution in [-0.4, -0.2) is 21.1 Å². The Morgan fingerprint density at radius 3 is 2.64 bits per heavy atom. The van der Waals surface area contributed by atoms with Crippen LogP contribution in [0, 0.1) is 0 Å². The lowest BCUT2D eigenvalue weighted by Gasteiger charge is -2.20. The van der Waals surface area contributed by atoms with Crippen molar-refractivity contribution < 1.29 is 3.79 Å². The number of hydrogen-bond acceptors (Lipinski definition) is 1. The van der Waals surface area contributed by atoms with E-state index >= 15 is 0 Å². The molecule has 0 amide bonds. The van der Waals surface area contributed by atoms with Crippen molar-refractivity contribution >= 4 is 14.5 Å². The van der Waals surface area contributed by atoms with Crippen molar-refractivity contribution in [2.45, 2.75) is 22.9 Å². The van der Waals surface area contributed by atoms with Gasteiger partial charge in [-0.05, 0) is 11.2 Å². The zero-order valence-corrected chi connectivity index (χ0v) is 7.86. The molecular formula is C9H13AlO. The van der Waals surface area contributed by atoms with Gasteiger partial charge in [0.05, 0.1) is 0 Å². The van der Waals surface area contributed by atoms with E-state index in [1.165, 1.54) is 18.1 Å². The molecule has 0 aromatic rings. The third-order valence-corrected chi connectivity index (χ3v) is 5.37. The molecule has 1 fully saturated rings. The van der Waals surface area contributed by atoms with Crippen molar-refractivity contribution in [1.82, 2.24) is 0 Å². The summed E-state index contributed by atoms with van der Waals surface area (Å²) in [4.78, 5) is 0. The van der Waals surface area contributed by atoms with Gasteiger partial charge in [-0.2, -0.15) is 0 Å². The highest BCUT2D eigenvalue weighted by atomic mass is 27.2. The average Bonchev–Trinajstić information content (AvgIpc) is 2.58. The highest BCUT2D eigenvalue weighted by Gasteiger charge is 2.30. The van der Waals surface area contributed by atoms with E-state index in [2.05, 4.69) is 24.3 Å². The molecule has 0 aromatic carbocycles. The van der Waals surface area contributed by atoms with Crippen molar-refractivity contribution in [1.29, 1.82) is 0 Å². The minimum Gasteiger partial charge on any atom is -0.500 e. The van der Waals surface area contributed by atoms with Crippen LogP contribution in [0.2, 0.25) is 10.1 Å². The van der Waals surface area contributed by atoms with Crippen LogP contribution in [-0.2, 0) is 3.79 Å². The fourth-order valence-electron chi connectivity index (χ4n) is 1.77. The monoisotopic (exact) mass is 164 g/mol. The summed E-state index contributed by atoms with van der Waals surface area (Å²) < 4.78 is 6.50. The Kier molecular flexibility index (Phi) is 2.48. The Balaban J connectivity index is 1.92. The molecule has 1 aliphatic carbocycles. The normalized spacial score (nSPS) is 24.9. The molecule has 2 rings (SSSR count). The van der Waals surface area contributed by atoms with Crippen molar-refractivity contribution in [3.63, 3.8) is 0 Å². The molecule has 1 heterocycles. The quantitative estimate of drug-likeness (QED) is 0.540. The van der Waals surface area contributed by atoms with Gasteiger partial charge in [-0.1, -0.05) is 36.0 Å². The van der Waals surface area contributed by atoms with Gasteiger partial charge in [-0.15, -0.1) is 0 Å². The lowest BCUT2D eigenvalue weighted by Crippen LogP contribution is -2.26. The summed E-state index contributed by atoms with van der Waals surface area (Å²) in [5, 5.41) is 1.37. The van der Waals surface area contributed by atoms with Gasteiger partial charge in [0.25, 0.3) is 0 Å². The maximum atomic E-state index is 5.80. The molecule has 11 heavy (non-hydrogen) atoms. The first-order chi connectivity index (χ1) is 5.47. The first-order valence-electron chi connectivity index (χ1n) is 4.43. The molecule has 0 atom stereocenters. The van der Waals surface area contributed by atoms with Crippen LogP contribution in [0.25, 0.3) is 0 Å². The summed E-state index contributed by atoms with van der Waals surface area (Å²) in [6.07, 6.45) is 11.6. The van der Waals surface area contributed by atoms with E-state index in [9.17, 15) is 0 Å². The molecule has 1 aliphatic heterocycles. The van der Waals surface area contributed by atoms with Gasteiger partial charge < -0.3 is 3.79 Å². The molecule has 0 N–H and O–H groups in total. The maximum Gasteiger partial charge on any atom is 0.472 e. The summed E-state index contributed by atoms with van der Waals surface area (Å²) in [5.41, 5.74) is 0. The van der Waals surface area contributed by atoms with Crippen LogP contribution in [0.1, 0.15) is 12.8 Å². The van der Waals surface area contributed by atoms with Crippen LogP contribution in [0.15, 0.2) is 24.3 Å². The largest absolute Gasteiger partial charge is 0.500 e. The van der Waals surface area contributed by atoms with Gasteiger partial charge in [-0.3, -0.25) is 0 Å². The van der Waals surface area contributed by atoms with Crippen molar-refractivity contribution in [2.75, 3.05) is 6.61 Å². The topological polar surface area (TPSA) is 9.23 Å². The van der Waals surface area contributed by atoms with E-state index in [4.69, 9.17) is 3.79 Å². The van der Waals surface area contributed by atoms with Crippen molar-refractivity contribution in [2.24, 2.45) is 0 Å². The molecule has 0 unspecified atom stereocenters. The number of allylic oxidation sites excluding steroid dienone is 4. The summed E-state index contributed by atoms with van der Waals surface area (Å²) in [6.45, 7) is 1.02. The van der Waals surface area contributed by atoms with Crippen molar-refractivity contribution in [3.05, 3.63) is 24.3 Å².